The number of hydrogen-bond acceptors (Lipinski definition) is 1. The lowest BCUT2D eigenvalue weighted by Gasteiger charge is -2.34. The van der Waals surface area contributed by atoms with Crippen molar-refractivity contribution in [1.29, 1.82) is 0 Å². The van der Waals surface area contributed by atoms with Crippen molar-refractivity contribution in [3.63, 3.8) is 0 Å². The zero-order valence-corrected chi connectivity index (χ0v) is 10.5. The van der Waals surface area contributed by atoms with Crippen LogP contribution in [0.4, 0.5) is 0 Å². The van der Waals surface area contributed by atoms with E-state index >= 15 is 0 Å². The van der Waals surface area contributed by atoms with Crippen LogP contribution in [0.5, 0.6) is 0 Å². The number of nitrogens with zero attached hydrogens (tertiary/aromatic N) is 1. The summed E-state index contributed by atoms with van der Waals surface area (Å²) in [7, 11) is 1.85. The lowest BCUT2D eigenvalue weighted by Crippen LogP contribution is -2.47. The fourth-order valence-corrected chi connectivity index (χ4v) is 1.69. The molecule has 0 aromatic heterocycles. The Bertz CT molecular complexity index is 248. The lowest BCUT2D eigenvalue weighted by molar-refractivity contribution is -0.136. The molecule has 0 aromatic carbocycles. The molecule has 1 aliphatic rings. The molecule has 1 amide bonds. The molecule has 0 aromatic rings. The fourth-order valence-electron chi connectivity index (χ4n) is 1.51. The Morgan fingerprint density at radius 1 is 1.57 bits per heavy atom. The van der Waals surface area contributed by atoms with Crippen molar-refractivity contribution in [1.82, 2.24) is 4.90 Å². The van der Waals surface area contributed by atoms with E-state index in [0.717, 1.165) is 6.42 Å². The van der Waals surface area contributed by atoms with Gasteiger partial charge in [-0.05, 0) is 25.7 Å². The van der Waals surface area contributed by atoms with Gasteiger partial charge in [0.2, 0.25) is 5.91 Å². The van der Waals surface area contributed by atoms with Crippen LogP contribution in [0.1, 0.15) is 34.1 Å². The Morgan fingerprint density at radius 3 is 2.29 bits per heavy atom. The van der Waals surface area contributed by atoms with Gasteiger partial charge in [-0.3, -0.25) is 4.79 Å². The number of carbonyl (C=O) groups excluding carboxylic acids is 1. The first-order valence-corrected chi connectivity index (χ1v) is 5.59. The van der Waals surface area contributed by atoms with Gasteiger partial charge >= 0.3 is 0 Å². The molecular formula is C11H20ClNO. The van der Waals surface area contributed by atoms with Gasteiger partial charge in [-0.15, -0.1) is 11.6 Å². The monoisotopic (exact) mass is 217 g/mol. The number of amides is 1. The van der Waals surface area contributed by atoms with E-state index in [1.807, 2.05) is 20.9 Å². The van der Waals surface area contributed by atoms with Crippen molar-refractivity contribution in [3.8, 4) is 0 Å². The highest BCUT2D eigenvalue weighted by Gasteiger charge is 2.52. The summed E-state index contributed by atoms with van der Waals surface area (Å²) in [5, 5.41) is 0. The van der Waals surface area contributed by atoms with E-state index in [9.17, 15) is 4.79 Å². The second-order valence-electron chi connectivity index (χ2n) is 5.59. The number of hydrogen-bond donors (Lipinski definition) is 0. The quantitative estimate of drug-likeness (QED) is 0.666. The summed E-state index contributed by atoms with van der Waals surface area (Å²) in [4.78, 5) is 13.8. The molecule has 14 heavy (non-hydrogen) atoms. The number of carbonyl (C=O) groups is 1. The van der Waals surface area contributed by atoms with E-state index in [1.54, 1.807) is 4.90 Å². The predicted molar refractivity (Wildman–Crippen MR) is 59.5 cm³/mol. The highest BCUT2D eigenvalue weighted by molar-refractivity contribution is 6.18. The minimum absolute atomic E-state index is 0.202. The molecule has 1 fully saturated rings. The van der Waals surface area contributed by atoms with Gasteiger partial charge in [0, 0.05) is 18.8 Å². The minimum atomic E-state index is -0.239. The number of alkyl halides is 1. The first kappa shape index (κ1) is 11.8. The molecule has 1 rings (SSSR count). The summed E-state index contributed by atoms with van der Waals surface area (Å²) < 4.78 is 0. The van der Waals surface area contributed by atoms with Gasteiger partial charge in [0.05, 0.1) is 5.54 Å². The summed E-state index contributed by atoms with van der Waals surface area (Å²) in [5.41, 5.74) is -0.0367. The second-order valence-corrected chi connectivity index (χ2v) is 5.86. The smallest absolute Gasteiger partial charge is 0.226 e. The maximum atomic E-state index is 12.0. The molecule has 0 N–H and O–H groups in total. The average molecular weight is 218 g/mol. The third-order valence-corrected chi connectivity index (χ3v) is 4.03. The van der Waals surface area contributed by atoms with Gasteiger partial charge in [-0.25, -0.2) is 0 Å². The van der Waals surface area contributed by atoms with Crippen LogP contribution < -0.4 is 0 Å². The highest BCUT2D eigenvalue weighted by atomic mass is 35.5. The van der Waals surface area contributed by atoms with E-state index < -0.39 is 0 Å². The standard InChI is InChI=1S/C11H20ClNO/c1-10(2)6-8(10)9(14)13(5)11(3,4)7-12/h8H,6-7H2,1-5H3. The molecule has 1 saturated carbocycles. The summed E-state index contributed by atoms with van der Waals surface area (Å²) in [6.07, 6.45) is 1.01. The molecular weight excluding hydrogens is 198 g/mol. The Labute approximate surface area is 91.6 Å². The lowest BCUT2D eigenvalue weighted by atomic mass is 10.0. The van der Waals surface area contributed by atoms with Crippen molar-refractivity contribution in [2.45, 2.75) is 39.7 Å². The molecule has 0 aliphatic heterocycles. The van der Waals surface area contributed by atoms with Gasteiger partial charge in [-0.1, -0.05) is 13.8 Å². The largest absolute Gasteiger partial charge is 0.339 e. The Balaban J connectivity index is 2.63. The molecule has 1 unspecified atom stereocenters. The first-order chi connectivity index (χ1) is 6.22. The second kappa shape index (κ2) is 3.41. The molecule has 0 spiro atoms. The summed E-state index contributed by atoms with van der Waals surface area (Å²) >= 11 is 5.83. The third kappa shape index (κ3) is 2.05. The molecule has 0 radical (unpaired) electrons. The van der Waals surface area contributed by atoms with E-state index in [0.29, 0.717) is 5.88 Å². The van der Waals surface area contributed by atoms with Crippen LogP contribution in [0.2, 0.25) is 0 Å². The van der Waals surface area contributed by atoms with Crippen molar-refractivity contribution < 1.29 is 4.79 Å². The normalized spacial score (nSPS) is 24.6. The maximum Gasteiger partial charge on any atom is 0.226 e. The molecule has 82 valence electrons. The van der Waals surface area contributed by atoms with Gasteiger partial charge in [0.15, 0.2) is 0 Å². The van der Waals surface area contributed by atoms with E-state index in [2.05, 4.69) is 13.8 Å². The van der Waals surface area contributed by atoms with Crippen LogP contribution in [0.15, 0.2) is 0 Å². The van der Waals surface area contributed by atoms with Crippen molar-refractivity contribution in [3.05, 3.63) is 0 Å². The Kier molecular flexibility index (Phi) is 2.88. The zero-order valence-electron chi connectivity index (χ0n) is 9.72. The molecule has 0 heterocycles. The maximum absolute atomic E-state index is 12.0. The van der Waals surface area contributed by atoms with E-state index in [-0.39, 0.29) is 22.8 Å². The van der Waals surface area contributed by atoms with Crippen LogP contribution in [0.3, 0.4) is 0 Å². The fraction of sp³-hybridized carbons (Fsp3) is 0.909. The third-order valence-electron chi connectivity index (χ3n) is 3.38. The molecule has 1 aliphatic carbocycles. The van der Waals surface area contributed by atoms with Crippen LogP contribution in [-0.4, -0.2) is 29.3 Å². The van der Waals surface area contributed by atoms with Crippen LogP contribution in [0, 0.1) is 11.3 Å². The predicted octanol–water partition coefficient (Wildman–Crippen LogP) is 2.51. The van der Waals surface area contributed by atoms with Crippen LogP contribution in [0.25, 0.3) is 0 Å². The average Bonchev–Trinajstić information content (AvgIpc) is 2.72. The molecule has 2 nitrogen and oxygen atoms in total. The molecule has 0 saturated heterocycles. The first-order valence-electron chi connectivity index (χ1n) is 5.06. The summed E-state index contributed by atoms with van der Waals surface area (Å²) in [6, 6.07) is 0. The number of halogens is 1. The summed E-state index contributed by atoms with van der Waals surface area (Å²) in [6.45, 7) is 8.26. The number of rotatable bonds is 3. The van der Waals surface area contributed by atoms with Crippen LogP contribution in [-0.2, 0) is 4.79 Å². The Morgan fingerprint density at radius 2 is 2.00 bits per heavy atom. The van der Waals surface area contributed by atoms with E-state index in [4.69, 9.17) is 11.6 Å². The van der Waals surface area contributed by atoms with Crippen molar-refractivity contribution in [2.75, 3.05) is 12.9 Å². The van der Waals surface area contributed by atoms with E-state index in [1.165, 1.54) is 0 Å². The van der Waals surface area contributed by atoms with Gasteiger partial charge in [0.1, 0.15) is 0 Å². The molecule has 0 bridgehead atoms. The SMILES string of the molecule is CN(C(=O)C1CC1(C)C)C(C)(C)CCl. The zero-order chi connectivity index (χ0) is 11.1. The highest BCUT2D eigenvalue weighted by Crippen LogP contribution is 2.52. The minimum Gasteiger partial charge on any atom is -0.339 e. The van der Waals surface area contributed by atoms with Crippen LogP contribution >= 0.6 is 11.6 Å². The van der Waals surface area contributed by atoms with Crippen molar-refractivity contribution >= 4 is 17.5 Å². The summed E-state index contributed by atoms with van der Waals surface area (Å²) in [5.74, 6) is 0.915. The molecule has 3 heteroatoms. The van der Waals surface area contributed by atoms with Crippen molar-refractivity contribution in [2.24, 2.45) is 11.3 Å². The van der Waals surface area contributed by atoms with Gasteiger partial charge in [-0.2, -0.15) is 0 Å². The van der Waals surface area contributed by atoms with Gasteiger partial charge in [0.25, 0.3) is 0 Å². The Hall–Kier alpha value is -0.240. The molecule has 1 atom stereocenters. The van der Waals surface area contributed by atoms with Gasteiger partial charge < -0.3 is 4.90 Å². The topological polar surface area (TPSA) is 20.3 Å².